The zero-order chi connectivity index (χ0) is 46.1. The molecule has 0 N–H and O–H groups in total. The van der Waals surface area contributed by atoms with Crippen LogP contribution in [0.3, 0.4) is 0 Å². The van der Waals surface area contributed by atoms with E-state index >= 15 is 0 Å². The summed E-state index contributed by atoms with van der Waals surface area (Å²) in [7, 11) is 0. The van der Waals surface area contributed by atoms with Gasteiger partial charge in [-0.2, -0.15) is 0 Å². The Balaban J connectivity index is 4.24. The van der Waals surface area contributed by atoms with Crippen molar-refractivity contribution in [3.63, 3.8) is 0 Å². The molecule has 0 aliphatic rings. The summed E-state index contributed by atoms with van der Waals surface area (Å²) in [6.45, 7) is 11.4. The van der Waals surface area contributed by atoms with E-state index in [1.54, 1.807) is 0 Å². The van der Waals surface area contributed by atoms with Crippen molar-refractivity contribution < 1.29 is 28.6 Å². The maximum atomic E-state index is 12.8. The Bertz CT molecular complexity index is 962. The Labute approximate surface area is 393 Å². The molecule has 0 heterocycles. The number of carbonyl (C=O) groups excluding carboxylic acids is 3. The molecule has 63 heavy (non-hydrogen) atoms. The van der Waals surface area contributed by atoms with Gasteiger partial charge in [0, 0.05) is 19.3 Å². The van der Waals surface area contributed by atoms with Crippen LogP contribution in [0.4, 0.5) is 0 Å². The highest BCUT2D eigenvalue weighted by molar-refractivity contribution is 5.71. The predicted molar refractivity (Wildman–Crippen MR) is 270 cm³/mol. The molecule has 0 spiro atoms. The van der Waals surface area contributed by atoms with E-state index < -0.39 is 6.10 Å². The van der Waals surface area contributed by atoms with Crippen LogP contribution < -0.4 is 0 Å². The topological polar surface area (TPSA) is 78.9 Å². The number of esters is 3. The van der Waals surface area contributed by atoms with E-state index in [-0.39, 0.29) is 31.1 Å². The van der Waals surface area contributed by atoms with Crippen molar-refractivity contribution in [2.24, 2.45) is 11.8 Å². The second-order valence-electron chi connectivity index (χ2n) is 20.5. The van der Waals surface area contributed by atoms with E-state index in [0.29, 0.717) is 19.3 Å². The standard InChI is InChI=1S/C57H110O6/c1-6-7-8-9-10-11-27-32-37-42-47-55(58)61-50-54(51-62-56(59)48-43-38-33-28-23-20-16-18-22-26-31-36-41-46-53(4)5)63-57(60)49-44-39-34-29-24-19-15-13-12-14-17-21-25-30-35-40-45-52(2)3/h52-54H,6-51H2,1-5H3/t54-/m1/s1. The Hall–Kier alpha value is -1.59. The van der Waals surface area contributed by atoms with Crippen LogP contribution in [-0.4, -0.2) is 37.2 Å². The summed E-state index contributed by atoms with van der Waals surface area (Å²) in [4.78, 5) is 38.0. The molecule has 0 radical (unpaired) electrons. The van der Waals surface area contributed by atoms with Gasteiger partial charge in [-0.1, -0.05) is 279 Å². The molecule has 0 saturated carbocycles. The first-order chi connectivity index (χ1) is 30.7. The molecule has 0 bridgehead atoms. The Morgan fingerprint density at radius 3 is 0.778 bits per heavy atom. The maximum absolute atomic E-state index is 12.8. The van der Waals surface area contributed by atoms with E-state index in [1.165, 1.54) is 205 Å². The van der Waals surface area contributed by atoms with Crippen LogP contribution >= 0.6 is 0 Å². The van der Waals surface area contributed by atoms with Gasteiger partial charge >= 0.3 is 17.9 Å². The largest absolute Gasteiger partial charge is 0.462 e. The van der Waals surface area contributed by atoms with Crippen molar-refractivity contribution >= 4 is 17.9 Å². The van der Waals surface area contributed by atoms with Crippen LogP contribution in [0, 0.1) is 11.8 Å². The molecular formula is C57H110O6. The molecule has 0 unspecified atom stereocenters. The second-order valence-corrected chi connectivity index (χ2v) is 20.5. The summed E-state index contributed by atoms with van der Waals surface area (Å²) < 4.78 is 16.8. The summed E-state index contributed by atoms with van der Waals surface area (Å²) in [6, 6.07) is 0. The van der Waals surface area contributed by atoms with Gasteiger partial charge in [0.05, 0.1) is 0 Å². The minimum absolute atomic E-state index is 0.0629. The van der Waals surface area contributed by atoms with Crippen molar-refractivity contribution in [3.05, 3.63) is 0 Å². The molecule has 0 aliphatic carbocycles. The van der Waals surface area contributed by atoms with E-state index in [1.807, 2.05) is 0 Å². The van der Waals surface area contributed by atoms with Crippen LogP contribution in [-0.2, 0) is 28.6 Å². The third-order valence-electron chi connectivity index (χ3n) is 13.0. The van der Waals surface area contributed by atoms with Crippen molar-refractivity contribution in [3.8, 4) is 0 Å². The lowest BCUT2D eigenvalue weighted by Crippen LogP contribution is -2.30. The van der Waals surface area contributed by atoms with Crippen LogP contribution in [0.15, 0.2) is 0 Å². The monoisotopic (exact) mass is 891 g/mol. The van der Waals surface area contributed by atoms with Gasteiger partial charge in [-0.25, -0.2) is 0 Å². The zero-order valence-corrected chi connectivity index (χ0v) is 43.2. The highest BCUT2D eigenvalue weighted by atomic mass is 16.6. The van der Waals surface area contributed by atoms with Gasteiger partial charge in [-0.15, -0.1) is 0 Å². The molecule has 6 nitrogen and oxygen atoms in total. The predicted octanol–water partition coefficient (Wildman–Crippen LogP) is 18.5. The molecule has 6 heteroatoms. The zero-order valence-electron chi connectivity index (χ0n) is 43.2. The molecule has 0 saturated heterocycles. The number of carbonyl (C=O) groups is 3. The van der Waals surface area contributed by atoms with Crippen LogP contribution in [0.1, 0.15) is 317 Å². The van der Waals surface area contributed by atoms with Crippen molar-refractivity contribution in [1.82, 2.24) is 0 Å². The average molecular weight is 892 g/mol. The number of rotatable bonds is 51. The second kappa shape index (κ2) is 49.8. The summed E-state index contributed by atoms with van der Waals surface area (Å²) in [5.74, 6) is 0.849. The lowest BCUT2D eigenvalue weighted by atomic mass is 10.0. The summed E-state index contributed by atoms with van der Waals surface area (Å²) in [6.07, 6.45) is 52.4. The van der Waals surface area contributed by atoms with Gasteiger partial charge in [-0.3, -0.25) is 14.4 Å². The van der Waals surface area contributed by atoms with E-state index in [2.05, 4.69) is 34.6 Å². The van der Waals surface area contributed by atoms with Gasteiger partial charge in [0.2, 0.25) is 0 Å². The third kappa shape index (κ3) is 51.3. The Morgan fingerprint density at radius 1 is 0.302 bits per heavy atom. The molecule has 0 aromatic heterocycles. The Kier molecular flexibility index (Phi) is 48.6. The van der Waals surface area contributed by atoms with Crippen LogP contribution in [0.25, 0.3) is 0 Å². The molecule has 0 rings (SSSR count). The first-order valence-electron chi connectivity index (χ1n) is 28.2. The van der Waals surface area contributed by atoms with Gasteiger partial charge in [0.25, 0.3) is 0 Å². The number of unbranched alkanes of at least 4 members (excludes halogenated alkanes) is 36. The molecule has 1 atom stereocenters. The van der Waals surface area contributed by atoms with Crippen molar-refractivity contribution in [2.45, 2.75) is 323 Å². The number of ether oxygens (including phenoxy) is 3. The van der Waals surface area contributed by atoms with Crippen molar-refractivity contribution in [2.75, 3.05) is 13.2 Å². The van der Waals surface area contributed by atoms with Gasteiger partial charge in [0.1, 0.15) is 13.2 Å². The molecule has 0 aromatic carbocycles. The van der Waals surface area contributed by atoms with Gasteiger partial charge < -0.3 is 14.2 Å². The first kappa shape index (κ1) is 61.4. The number of hydrogen-bond acceptors (Lipinski definition) is 6. The van der Waals surface area contributed by atoms with Gasteiger partial charge in [0.15, 0.2) is 6.10 Å². The molecule has 0 aromatic rings. The summed E-state index contributed by atoms with van der Waals surface area (Å²) in [5.41, 5.74) is 0. The fraction of sp³-hybridized carbons (Fsp3) is 0.947. The highest BCUT2D eigenvalue weighted by Gasteiger charge is 2.19. The lowest BCUT2D eigenvalue weighted by molar-refractivity contribution is -0.167. The third-order valence-corrected chi connectivity index (χ3v) is 13.0. The van der Waals surface area contributed by atoms with E-state index in [9.17, 15) is 14.4 Å². The minimum atomic E-state index is -0.762. The molecule has 0 amide bonds. The van der Waals surface area contributed by atoms with Crippen LogP contribution in [0.2, 0.25) is 0 Å². The lowest BCUT2D eigenvalue weighted by Gasteiger charge is -2.18. The Morgan fingerprint density at radius 2 is 0.524 bits per heavy atom. The fourth-order valence-corrected chi connectivity index (χ4v) is 8.70. The summed E-state index contributed by atoms with van der Waals surface area (Å²) >= 11 is 0. The number of hydrogen-bond donors (Lipinski definition) is 0. The first-order valence-corrected chi connectivity index (χ1v) is 28.2. The minimum Gasteiger partial charge on any atom is -0.462 e. The normalized spacial score (nSPS) is 12.0. The molecule has 0 fully saturated rings. The fourth-order valence-electron chi connectivity index (χ4n) is 8.70. The average Bonchev–Trinajstić information content (AvgIpc) is 3.25. The molecule has 0 aliphatic heterocycles. The SMILES string of the molecule is CCCCCCCCCCCCC(=O)OC[C@H](COC(=O)CCCCCCCCCCCCCCCC(C)C)OC(=O)CCCCCCCCCCCCCCCCCCC(C)C. The van der Waals surface area contributed by atoms with E-state index in [0.717, 1.165) is 69.6 Å². The van der Waals surface area contributed by atoms with E-state index in [4.69, 9.17) is 14.2 Å². The molecular weight excluding hydrogens is 781 g/mol. The molecule has 374 valence electrons. The van der Waals surface area contributed by atoms with Crippen molar-refractivity contribution in [1.29, 1.82) is 0 Å². The quantitative estimate of drug-likeness (QED) is 0.0344. The highest BCUT2D eigenvalue weighted by Crippen LogP contribution is 2.18. The van der Waals surface area contributed by atoms with Crippen LogP contribution in [0.5, 0.6) is 0 Å². The smallest absolute Gasteiger partial charge is 0.306 e. The van der Waals surface area contributed by atoms with Gasteiger partial charge in [-0.05, 0) is 31.1 Å². The maximum Gasteiger partial charge on any atom is 0.306 e. The summed E-state index contributed by atoms with van der Waals surface area (Å²) in [5, 5.41) is 0.